The minimum Gasteiger partial charge on any atom is -0.345 e. The Hall–Kier alpha value is -2.14. The molecule has 6 rings (SSSR count). The van der Waals surface area contributed by atoms with E-state index in [4.69, 9.17) is 0 Å². The van der Waals surface area contributed by atoms with Gasteiger partial charge >= 0.3 is 0 Å². The number of piperidine rings is 1. The van der Waals surface area contributed by atoms with Gasteiger partial charge in [0.2, 0.25) is 5.91 Å². The monoisotopic (exact) mass is 462 g/mol. The van der Waals surface area contributed by atoms with Crippen LogP contribution in [0.25, 0.3) is 0 Å². The number of nitrogens with two attached hydrogens (primary N) is 1. The molecule has 5 heteroatoms. The maximum atomic E-state index is 14.5. The zero-order valence-corrected chi connectivity index (χ0v) is 20.8. The SMILES string of the molecule is Cc1c[n+]2c([nH]1)[C@]1(CCC2)C[NH2+]C[C@H]1C(=O)N1CC[C@@H](c2ccccc2)C[C@H]1C1CCCCC1. The summed E-state index contributed by atoms with van der Waals surface area (Å²) in [6.45, 7) is 6.14. The van der Waals surface area contributed by atoms with E-state index in [2.05, 4.69) is 63.2 Å². The van der Waals surface area contributed by atoms with Crippen molar-refractivity contribution < 1.29 is 14.7 Å². The molecule has 0 unspecified atom stereocenters. The van der Waals surface area contributed by atoms with Gasteiger partial charge < -0.3 is 10.2 Å². The van der Waals surface area contributed by atoms with Gasteiger partial charge in [0.05, 0.1) is 19.6 Å². The first-order valence-corrected chi connectivity index (χ1v) is 13.9. The molecular formula is C29H42N4O+2. The van der Waals surface area contributed by atoms with Crippen molar-refractivity contribution in [2.24, 2.45) is 11.8 Å². The zero-order chi connectivity index (χ0) is 23.1. The van der Waals surface area contributed by atoms with E-state index in [1.165, 1.54) is 55.6 Å². The number of aromatic nitrogens is 2. The molecule has 4 atom stereocenters. The fourth-order valence-electron chi connectivity index (χ4n) is 8.07. The Bertz CT molecular complexity index is 1010. The van der Waals surface area contributed by atoms with Crippen LogP contribution < -0.4 is 9.88 Å². The van der Waals surface area contributed by atoms with Crippen molar-refractivity contribution in [1.82, 2.24) is 9.88 Å². The number of amides is 1. The molecule has 0 bridgehead atoms. The summed E-state index contributed by atoms with van der Waals surface area (Å²) in [7, 11) is 0. The third-order valence-corrected chi connectivity index (χ3v) is 9.71. The molecule has 2 aromatic rings. The number of carbonyl (C=O) groups excluding carboxylic acids is 1. The van der Waals surface area contributed by atoms with E-state index in [0.29, 0.717) is 23.8 Å². The number of H-pyrrole nitrogens is 1. The Balaban J connectivity index is 1.30. The number of hydrogen-bond acceptors (Lipinski definition) is 1. The summed E-state index contributed by atoms with van der Waals surface area (Å²) < 4.78 is 2.42. The van der Waals surface area contributed by atoms with Crippen LogP contribution in [0.5, 0.6) is 0 Å². The van der Waals surface area contributed by atoms with Gasteiger partial charge in [0.25, 0.3) is 5.82 Å². The number of aryl methyl sites for hydroxylation is 2. The van der Waals surface area contributed by atoms with Gasteiger partial charge in [-0.25, -0.2) is 9.55 Å². The van der Waals surface area contributed by atoms with E-state index in [0.717, 1.165) is 45.4 Å². The Labute approximate surface area is 204 Å². The number of benzene rings is 1. The number of likely N-dealkylation sites (tertiary alicyclic amines) is 1. The maximum Gasteiger partial charge on any atom is 0.267 e. The van der Waals surface area contributed by atoms with Crippen LogP contribution in [-0.2, 0) is 16.8 Å². The van der Waals surface area contributed by atoms with E-state index in [-0.39, 0.29) is 11.3 Å². The van der Waals surface area contributed by atoms with E-state index in [1.807, 2.05) is 0 Å². The lowest BCUT2D eigenvalue weighted by Gasteiger charge is -2.46. The molecule has 3 fully saturated rings. The van der Waals surface area contributed by atoms with Crippen LogP contribution >= 0.6 is 0 Å². The van der Waals surface area contributed by atoms with Gasteiger partial charge in [0, 0.05) is 19.5 Å². The van der Waals surface area contributed by atoms with Crippen molar-refractivity contribution in [1.29, 1.82) is 0 Å². The summed E-state index contributed by atoms with van der Waals surface area (Å²) in [5.74, 6) is 3.13. The minimum absolute atomic E-state index is 0.0308. The highest BCUT2D eigenvalue weighted by Crippen LogP contribution is 2.43. The molecule has 2 saturated heterocycles. The molecule has 1 amide bonds. The molecule has 5 nitrogen and oxygen atoms in total. The van der Waals surface area contributed by atoms with Gasteiger partial charge in [-0.2, -0.15) is 0 Å². The lowest BCUT2D eigenvalue weighted by molar-refractivity contribution is -0.717. The molecule has 0 radical (unpaired) electrons. The Morgan fingerprint density at radius 2 is 1.94 bits per heavy atom. The topological polar surface area (TPSA) is 56.6 Å². The molecule has 34 heavy (non-hydrogen) atoms. The number of fused-ring (bicyclic) bond motifs is 2. The summed E-state index contributed by atoms with van der Waals surface area (Å²) in [5.41, 5.74) is 2.66. The van der Waals surface area contributed by atoms with Crippen molar-refractivity contribution in [3.05, 3.63) is 53.6 Å². The fraction of sp³-hybridized carbons (Fsp3) is 0.655. The van der Waals surface area contributed by atoms with E-state index in [9.17, 15) is 4.79 Å². The van der Waals surface area contributed by atoms with Crippen LogP contribution in [0.4, 0.5) is 0 Å². The van der Waals surface area contributed by atoms with Gasteiger partial charge in [-0.05, 0) is 55.9 Å². The Morgan fingerprint density at radius 1 is 1.12 bits per heavy atom. The number of quaternary nitrogens is 1. The van der Waals surface area contributed by atoms with Crippen LogP contribution in [0.2, 0.25) is 0 Å². The Kier molecular flexibility index (Phi) is 6.00. The van der Waals surface area contributed by atoms with Crippen LogP contribution in [0, 0.1) is 18.8 Å². The average molecular weight is 463 g/mol. The lowest BCUT2D eigenvalue weighted by atomic mass is 9.70. The van der Waals surface area contributed by atoms with Gasteiger partial charge in [0.1, 0.15) is 23.2 Å². The first-order valence-electron chi connectivity index (χ1n) is 13.9. The molecule has 3 N–H and O–H groups in total. The van der Waals surface area contributed by atoms with Crippen LogP contribution in [0.3, 0.4) is 0 Å². The zero-order valence-electron chi connectivity index (χ0n) is 20.8. The number of carbonyl (C=O) groups is 1. The van der Waals surface area contributed by atoms with Gasteiger partial charge in [0.15, 0.2) is 0 Å². The molecule has 1 aromatic heterocycles. The predicted octanol–water partition coefficient (Wildman–Crippen LogP) is 3.19. The molecule has 3 aliphatic heterocycles. The molecule has 1 spiro atoms. The van der Waals surface area contributed by atoms with Crippen LogP contribution in [0.1, 0.15) is 80.8 Å². The largest absolute Gasteiger partial charge is 0.345 e. The van der Waals surface area contributed by atoms with Crippen molar-refractivity contribution in [3.8, 4) is 0 Å². The highest BCUT2D eigenvalue weighted by atomic mass is 16.2. The summed E-state index contributed by atoms with van der Waals surface area (Å²) in [5, 5.41) is 2.42. The van der Waals surface area contributed by atoms with Gasteiger partial charge in [-0.15, -0.1) is 0 Å². The number of hydrogen-bond donors (Lipinski definition) is 2. The standard InChI is InChI=1S/C29H40N4O/c1-21-19-32-15-8-14-29(28(32)31-21)20-30-18-25(29)27(34)33-16-13-24(22-9-4-2-5-10-22)17-26(33)23-11-6-3-7-12-23/h2,4-5,9-10,19,23-26,30H,3,6-8,11-18,20H2,1H3/p+2/t24-,25+,26+,29-/m1/s1. The van der Waals surface area contributed by atoms with Crippen molar-refractivity contribution in [3.63, 3.8) is 0 Å². The second-order valence-corrected chi connectivity index (χ2v) is 11.6. The van der Waals surface area contributed by atoms with Crippen molar-refractivity contribution in [2.45, 2.75) is 88.6 Å². The maximum absolute atomic E-state index is 14.5. The number of nitrogens with zero attached hydrogens (tertiary/aromatic N) is 2. The predicted molar refractivity (Wildman–Crippen MR) is 132 cm³/mol. The molecule has 4 heterocycles. The van der Waals surface area contributed by atoms with Crippen LogP contribution in [0.15, 0.2) is 36.5 Å². The highest BCUT2D eigenvalue weighted by Gasteiger charge is 2.59. The average Bonchev–Trinajstić information content (AvgIpc) is 3.48. The highest BCUT2D eigenvalue weighted by molar-refractivity contribution is 5.81. The van der Waals surface area contributed by atoms with E-state index >= 15 is 0 Å². The van der Waals surface area contributed by atoms with Crippen molar-refractivity contribution >= 4 is 5.91 Å². The Morgan fingerprint density at radius 3 is 2.76 bits per heavy atom. The fourth-order valence-corrected chi connectivity index (χ4v) is 8.07. The second kappa shape index (κ2) is 9.14. The number of rotatable bonds is 3. The molecule has 1 aliphatic carbocycles. The van der Waals surface area contributed by atoms with E-state index in [1.54, 1.807) is 0 Å². The summed E-state index contributed by atoms with van der Waals surface area (Å²) in [4.78, 5) is 20.6. The summed E-state index contributed by atoms with van der Waals surface area (Å²) >= 11 is 0. The molecule has 4 aliphatic rings. The molecule has 1 aromatic carbocycles. The second-order valence-electron chi connectivity index (χ2n) is 11.6. The lowest BCUT2D eigenvalue weighted by Crippen LogP contribution is -2.83. The minimum atomic E-state index is -0.0308. The first kappa shape index (κ1) is 22.3. The van der Waals surface area contributed by atoms with Crippen LogP contribution in [-0.4, -0.2) is 41.5 Å². The van der Waals surface area contributed by atoms with Gasteiger partial charge in [-0.1, -0.05) is 49.6 Å². The number of nitrogens with one attached hydrogen (secondary N) is 1. The third kappa shape index (κ3) is 3.80. The summed E-state index contributed by atoms with van der Waals surface area (Å²) in [6.07, 6.45) is 13.4. The number of imidazole rings is 1. The van der Waals surface area contributed by atoms with Gasteiger partial charge in [-0.3, -0.25) is 4.79 Å². The smallest absolute Gasteiger partial charge is 0.267 e. The number of aromatic amines is 1. The normalized spacial score (nSPS) is 32.1. The first-order chi connectivity index (χ1) is 16.7. The molecular weight excluding hydrogens is 420 g/mol. The third-order valence-electron chi connectivity index (χ3n) is 9.71. The van der Waals surface area contributed by atoms with Crippen molar-refractivity contribution in [2.75, 3.05) is 19.6 Å². The van der Waals surface area contributed by atoms with E-state index < -0.39 is 0 Å². The summed E-state index contributed by atoms with van der Waals surface area (Å²) in [6, 6.07) is 11.5. The molecule has 182 valence electrons. The molecule has 1 saturated carbocycles. The quantitative estimate of drug-likeness (QED) is 0.677.